The standard InChI is InChI=1S/C15H15ClN2O5S2/c1-10-11(16)4-2-5-12(10)18-13(19)9-23-14(20)8-17-25(21,22)15-6-3-7-24-15/h2-7,17H,8-9H2,1H3,(H,18,19). The van der Waals surface area contributed by atoms with E-state index >= 15 is 0 Å². The van der Waals surface area contributed by atoms with Crippen molar-refractivity contribution in [2.75, 3.05) is 18.5 Å². The molecule has 2 N–H and O–H groups in total. The summed E-state index contributed by atoms with van der Waals surface area (Å²) in [6.07, 6.45) is 0. The molecule has 0 radical (unpaired) electrons. The van der Waals surface area contributed by atoms with Gasteiger partial charge in [0.25, 0.3) is 15.9 Å². The molecule has 0 fully saturated rings. The number of amides is 1. The highest BCUT2D eigenvalue weighted by molar-refractivity contribution is 7.91. The van der Waals surface area contributed by atoms with Gasteiger partial charge in [-0.25, -0.2) is 8.42 Å². The van der Waals surface area contributed by atoms with Crippen LogP contribution in [-0.2, 0) is 24.3 Å². The molecule has 1 aromatic heterocycles. The maximum absolute atomic E-state index is 11.8. The molecule has 1 heterocycles. The summed E-state index contributed by atoms with van der Waals surface area (Å²) in [7, 11) is -3.76. The van der Waals surface area contributed by atoms with Crippen LogP contribution >= 0.6 is 22.9 Å². The van der Waals surface area contributed by atoms with Gasteiger partial charge in [0.1, 0.15) is 10.8 Å². The van der Waals surface area contributed by atoms with E-state index in [0.717, 1.165) is 11.3 Å². The third kappa shape index (κ3) is 5.53. The minimum absolute atomic E-state index is 0.0921. The van der Waals surface area contributed by atoms with E-state index < -0.39 is 35.1 Å². The zero-order valence-corrected chi connectivity index (χ0v) is 15.5. The van der Waals surface area contributed by atoms with Crippen LogP contribution in [0.1, 0.15) is 5.56 Å². The van der Waals surface area contributed by atoms with Crippen LogP contribution in [0.2, 0.25) is 5.02 Å². The number of sulfonamides is 1. The number of benzene rings is 1. The molecule has 0 unspecified atom stereocenters. The second-order valence-electron chi connectivity index (χ2n) is 4.88. The van der Waals surface area contributed by atoms with Crippen LogP contribution in [0.25, 0.3) is 0 Å². The van der Waals surface area contributed by atoms with Crippen molar-refractivity contribution in [3.63, 3.8) is 0 Å². The molecule has 1 aromatic carbocycles. The number of thiophene rings is 1. The molecule has 0 spiro atoms. The fourth-order valence-corrected chi connectivity index (χ4v) is 3.95. The first-order valence-electron chi connectivity index (χ1n) is 7.03. The summed E-state index contributed by atoms with van der Waals surface area (Å²) in [5.74, 6) is -1.42. The topological polar surface area (TPSA) is 102 Å². The molecule has 0 saturated heterocycles. The smallest absolute Gasteiger partial charge is 0.321 e. The Labute approximate surface area is 154 Å². The van der Waals surface area contributed by atoms with Gasteiger partial charge in [-0.05, 0) is 36.1 Å². The molecule has 0 aliphatic heterocycles. The van der Waals surface area contributed by atoms with E-state index in [1.807, 2.05) is 0 Å². The van der Waals surface area contributed by atoms with Crippen LogP contribution in [0.5, 0.6) is 0 Å². The monoisotopic (exact) mass is 402 g/mol. The average Bonchev–Trinajstić information content (AvgIpc) is 3.11. The largest absolute Gasteiger partial charge is 0.455 e. The number of anilines is 1. The lowest BCUT2D eigenvalue weighted by Crippen LogP contribution is -2.32. The van der Waals surface area contributed by atoms with Gasteiger partial charge in [-0.3, -0.25) is 9.59 Å². The van der Waals surface area contributed by atoms with Gasteiger partial charge < -0.3 is 10.1 Å². The van der Waals surface area contributed by atoms with Gasteiger partial charge in [-0.15, -0.1) is 11.3 Å². The number of ether oxygens (including phenoxy) is 1. The van der Waals surface area contributed by atoms with Crippen LogP contribution in [-0.4, -0.2) is 33.4 Å². The number of rotatable bonds is 7. The number of nitrogens with one attached hydrogen (secondary N) is 2. The zero-order chi connectivity index (χ0) is 18.4. The van der Waals surface area contributed by atoms with Gasteiger partial charge in [0, 0.05) is 10.7 Å². The molecular weight excluding hydrogens is 388 g/mol. The zero-order valence-electron chi connectivity index (χ0n) is 13.1. The SMILES string of the molecule is Cc1c(Cl)cccc1NC(=O)COC(=O)CNS(=O)(=O)c1cccs1. The van der Waals surface area contributed by atoms with Gasteiger partial charge in [0.05, 0.1) is 0 Å². The third-order valence-corrected chi connectivity index (χ3v) is 6.28. The average molecular weight is 403 g/mol. The fourth-order valence-electron chi connectivity index (χ4n) is 1.77. The Morgan fingerprint density at radius 1 is 1.24 bits per heavy atom. The van der Waals surface area contributed by atoms with Gasteiger partial charge in [0.2, 0.25) is 0 Å². The van der Waals surface area contributed by atoms with Gasteiger partial charge in [-0.1, -0.05) is 23.7 Å². The maximum Gasteiger partial charge on any atom is 0.321 e. The first-order valence-corrected chi connectivity index (χ1v) is 9.77. The van der Waals surface area contributed by atoms with Crippen molar-refractivity contribution < 1.29 is 22.7 Å². The molecule has 0 atom stereocenters. The highest BCUT2D eigenvalue weighted by Gasteiger charge is 2.17. The van der Waals surface area contributed by atoms with Crippen LogP contribution < -0.4 is 10.0 Å². The number of esters is 1. The Morgan fingerprint density at radius 3 is 2.68 bits per heavy atom. The number of halogens is 1. The first-order chi connectivity index (χ1) is 11.8. The van der Waals surface area contributed by atoms with E-state index in [4.69, 9.17) is 16.3 Å². The number of hydrogen-bond acceptors (Lipinski definition) is 6. The molecule has 134 valence electrons. The summed E-state index contributed by atoms with van der Waals surface area (Å²) in [5, 5.41) is 4.67. The quantitative estimate of drug-likeness (QED) is 0.691. The van der Waals surface area contributed by atoms with E-state index in [1.165, 1.54) is 6.07 Å². The van der Waals surface area contributed by atoms with Crippen LogP contribution in [0.4, 0.5) is 5.69 Å². The summed E-state index contributed by atoms with van der Waals surface area (Å²) in [4.78, 5) is 23.4. The minimum atomic E-state index is -3.76. The van der Waals surface area contributed by atoms with E-state index in [9.17, 15) is 18.0 Å². The number of hydrogen-bond donors (Lipinski definition) is 2. The summed E-state index contributed by atoms with van der Waals surface area (Å²) in [5.41, 5.74) is 1.19. The second kappa shape index (κ2) is 8.43. The molecule has 0 saturated carbocycles. The Kier molecular flexibility index (Phi) is 6.54. The van der Waals surface area contributed by atoms with Crippen molar-refractivity contribution in [2.45, 2.75) is 11.1 Å². The third-order valence-electron chi connectivity index (χ3n) is 3.07. The predicted octanol–water partition coefficient (Wildman–Crippen LogP) is 2.17. The number of carbonyl (C=O) groups is 2. The summed E-state index contributed by atoms with van der Waals surface area (Å²) in [6, 6.07) is 8.03. The molecule has 10 heteroatoms. The van der Waals surface area contributed by atoms with Crippen molar-refractivity contribution in [1.82, 2.24) is 4.72 Å². The van der Waals surface area contributed by atoms with E-state index in [-0.39, 0.29) is 4.21 Å². The Bertz CT molecular complexity index is 866. The van der Waals surface area contributed by atoms with Gasteiger partial charge in [0.15, 0.2) is 6.61 Å². The van der Waals surface area contributed by atoms with Crippen molar-refractivity contribution in [3.05, 3.63) is 46.3 Å². The van der Waals surface area contributed by atoms with Gasteiger partial charge in [-0.2, -0.15) is 4.72 Å². The lowest BCUT2D eigenvalue weighted by Gasteiger charge is -2.10. The van der Waals surface area contributed by atoms with Crippen molar-refractivity contribution in [2.24, 2.45) is 0 Å². The predicted molar refractivity (Wildman–Crippen MR) is 95.3 cm³/mol. The molecule has 2 rings (SSSR count). The van der Waals surface area contributed by atoms with Gasteiger partial charge >= 0.3 is 5.97 Å². The Balaban J connectivity index is 1.80. The Morgan fingerprint density at radius 2 is 2.00 bits per heavy atom. The summed E-state index contributed by atoms with van der Waals surface area (Å²) in [6.45, 7) is 0.637. The Hall–Kier alpha value is -1.94. The van der Waals surface area contributed by atoms with E-state index in [0.29, 0.717) is 16.3 Å². The van der Waals surface area contributed by atoms with Crippen LogP contribution in [0.15, 0.2) is 39.9 Å². The maximum atomic E-state index is 11.8. The fraction of sp³-hybridized carbons (Fsp3) is 0.200. The molecular formula is C15H15ClN2O5S2. The van der Waals surface area contributed by atoms with E-state index in [1.54, 1.807) is 36.6 Å². The highest BCUT2D eigenvalue weighted by atomic mass is 35.5. The molecule has 0 aliphatic carbocycles. The normalized spacial score (nSPS) is 11.1. The molecule has 7 nitrogen and oxygen atoms in total. The molecule has 2 aromatic rings. The minimum Gasteiger partial charge on any atom is -0.455 e. The lowest BCUT2D eigenvalue weighted by atomic mass is 10.2. The van der Waals surface area contributed by atoms with Crippen LogP contribution in [0, 0.1) is 6.92 Å². The van der Waals surface area contributed by atoms with Crippen LogP contribution in [0.3, 0.4) is 0 Å². The second-order valence-corrected chi connectivity index (χ2v) is 8.23. The van der Waals surface area contributed by atoms with Crippen molar-refractivity contribution in [3.8, 4) is 0 Å². The highest BCUT2D eigenvalue weighted by Crippen LogP contribution is 2.22. The van der Waals surface area contributed by atoms with Crippen molar-refractivity contribution >= 4 is 50.5 Å². The summed E-state index contributed by atoms with van der Waals surface area (Å²) >= 11 is 6.98. The molecule has 0 aliphatic rings. The molecule has 25 heavy (non-hydrogen) atoms. The first kappa shape index (κ1) is 19.4. The van der Waals surface area contributed by atoms with Crippen molar-refractivity contribution in [1.29, 1.82) is 0 Å². The summed E-state index contributed by atoms with van der Waals surface area (Å²) < 4.78 is 30.6. The lowest BCUT2D eigenvalue weighted by molar-refractivity contribution is -0.146. The van der Waals surface area contributed by atoms with E-state index in [2.05, 4.69) is 10.0 Å². The molecule has 1 amide bonds. The number of carbonyl (C=O) groups excluding carboxylic acids is 2. The molecule has 0 bridgehead atoms.